The first-order valence-corrected chi connectivity index (χ1v) is 6.48. The van der Waals surface area contributed by atoms with Crippen molar-refractivity contribution in [2.45, 2.75) is 38.8 Å². The molecule has 7 nitrogen and oxygen atoms in total. The van der Waals surface area contributed by atoms with E-state index in [-0.39, 0.29) is 5.91 Å². The lowest BCUT2D eigenvalue weighted by Gasteiger charge is -2.47. The molecule has 0 aromatic carbocycles. The van der Waals surface area contributed by atoms with Crippen molar-refractivity contribution in [2.75, 3.05) is 27.2 Å². The van der Waals surface area contributed by atoms with Crippen molar-refractivity contribution in [2.24, 2.45) is 0 Å². The number of urea groups is 1. The second-order valence-corrected chi connectivity index (χ2v) is 6.14. The van der Waals surface area contributed by atoms with Gasteiger partial charge in [0.05, 0.1) is 0 Å². The molecule has 0 spiro atoms. The van der Waals surface area contributed by atoms with Crippen LogP contribution in [-0.4, -0.2) is 76.0 Å². The number of likely N-dealkylation sites (N-methyl/N-ethyl adjacent to an activating group) is 2. The molecule has 1 saturated heterocycles. The first-order chi connectivity index (χ1) is 8.94. The maximum atomic E-state index is 12.5. The van der Waals surface area contributed by atoms with E-state index >= 15 is 0 Å². The van der Waals surface area contributed by atoms with Crippen LogP contribution in [0.1, 0.15) is 27.7 Å². The summed E-state index contributed by atoms with van der Waals surface area (Å²) < 4.78 is 0. The van der Waals surface area contributed by atoms with Crippen molar-refractivity contribution in [3.8, 4) is 0 Å². The molecule has 1 N–H and O–H groups in total. The van der Waals surface area contributed by atoms with E-state index in [9.17, 15) is 19.5 Å². The molecule has 0 atom stereocenters. The fourth-order valence-electron chi connectivity index (χ4n) is 2.11. The van der Waals surface area contributed by atoms with Gasteiger partial charge in [-0.25, -0.2) is 9.59 Å². The highest BCUT2D eigenvalue weighted by Crippen LogP contribution is 2.25. The zero-order valence-electron chi connectivity index (χ0n) is 12.9. The monoisotopic (exact) mass is 285 g/mol. The van der Waals surface area contributed by atoms with Crippen LogP contribution in [0.25, 0.3) is 0 Å². The average Bonchev–Trinajstić information content (AvgIpc) is 2.34. The minimum Gasteiger partial charge on any atom is -0.480 e. The van der Waals surface area contributed by atoms with Gasteiger partial charge in [0.25, 0.3) is 0 Å². The first kappa shape index (κ1) is 16.3. The molecule has 0 saturated carbocycles. The second kappa shape index (κ2) is 4.96. The number of piperazine rings is 1. The minimum atomic E-state index is -1.33. The Morgan fingerprint density at radius 1 is 1.30 bits per heavy atom. The maximum absolute atomic E-state index is 12.5. The van der Waals surface area contributed by atoms with E-state index < -0.39 is 23.1 Å². The highest BCUT2D eigenvalue weighted by atomic mass is 16.4. The Morgan fingerprint density at radius 3 is 2.25 bits per heavy atom. The third-order valence-electron chi connectivity index (χ3n) is 4.08. The first-order valence-electron chi connectivity index (χ1n) is 6.48. The molecule has 114 valence electrons. The lowest BCUT2D eigenvalue weighted by Crippen LogP contribution is -2.67. The van der Waals surface area contributed by atoms with Crippen LogP contribution in [-0.2, 0) is 9.59 Å². The number of aliphatic carboxylic acids is 1. The van der Waals surface area contributed by atoms with Crippen molar-refractivity contribution in [3.05, 3.63) is 0 Å². The standard InChI is InChI=1S/C13H23N3O4/c1-12(2)9(17)14(5)7-8-16(12)11(20)15(6)13(3,4)10(18)19/h7-8H2,1-6H3,(H,18,19). The van der Waals surface area contributed by atoms with Crippen LogP contribution in [0.4, 0.5) is 4.79 Å². The lowest BCUT2D eigenvalue weighted by molar-refractivity contribution is -0.148. The summed E-state index contributed by atoms with van der Waals surface area (Å²) in [5, 5.41) is 9.20. The molecule has 20 heavy (non-hydrogen) atoms. The number of carbonyl (C=O) groups excluding carboxylic acids is 2. The Hall–Kier alpha value is -1.79. The lowest BCUT2D eigenvalue weighted by atomic mass is 9.97. The second-order valence-electron chi connectivity index (χ2n) is 6.14. The van der Waals surface area contributed by atoms with Gasteiger partial charge in [0.15, 0.2) is 0 Å². The highest BCUT2D eigenvalue weighted by molar-refractivity contribution is 5.93. The van der Waals surface area contributed by atoms with Gasteiger partial charge < -0.3 is 19.8 Å². The molecular formula is C13H23N3O4. The summed E-state index contributed by atoms with van der Waals surface area (Å²) in [6.07, 6.45) is 0. The van der Waals surface area contributed by atoms with Gasteiger partial charge in [0.2, 0.25) is 5.91 Å². The van der Waals surface area contributed by atoms with Gasteiger partial charge in [-0.2, -0.15) is 0 Å². The van der Waals surface area contributed by atoms with Gasteiger partial charge in [-0.15, -0.1) is 0 Å². The van der Waals surface area contributed by atoms with Gasteiger partial charge in [0, 0.05) is 27.2 Å². The number of carboxylic acids is 1. The summed E-state index contributed by atoms with van der Waals surface area (Å²) in [7, 11) is 3.13. The Labute approximate surface area is 119 Å². The Balaban J connectivity index is 3.03. The van der Waals surface area contributed by atoms with Crippen molar-refractivity contribution >= 4 is 17.9 Å². The molecule has 1 heterocycles. The van der Waals surface area contributed by atoms with Crippen molar-refractivity contribution in [1.82, 2.24) is 14.7 Å². The molecular weight excluding hydrogens is 262 g/mol. The summed E-state index contributed by atoms with van der Waals surface area (Å²) in [6.45, 7) is 7.08. The van der Waals surface area contributed by atoms with Crippen LogP contribution in [0.3, 0.4) is 0 Å². The molecule has 1 rings (SSSR count). The van der Waals surface area contributed by atoms with Crippen molar-refractivity contribution in [1.29, 1.82) is 0 Å². The van der Waals surface area contributed by atoms with Crippen LogP contribution < -0.4 is 0 Å². The molecule has 0 bridgehead atoms. The Morgan fingerprint density at radius 2 is 1.80 bits per heavy atom. The highest BCUT2D eigenvalue weighted by Gasteiger charge is 2.46. The van der Waals surface area contributed by atoms with Crippen LogP contribution in [0.15, 0.2) is 0 Å². The van der Waals surface area contributed by atoms with E-state index in [4.69, 9.17) is 0 Å². The summed E-state index contributed by atoms with van der Waals surface area (Å²) in [5.41, 5.74) is -2.31. The average molecular weight is 285 g/mol. The van der Waals surface area contributed by atoms with E-state index in [2.05, 4.69) is 0 Å². The summed E-state index contributed by atoms with van der Waals surface area (Å²) in [6, 6.07) is -0.455. The fraction of sp³-hybridized carbons (Fsp3) is 0.769. The van der Waals surface area contributed by atoms with Gasteiger partial charge in [-0.05, 0) is 27.7 Å². The number of amides is 3. The van der Waals surface area contributed by atoms with Gasteiger partial charge in [0.1, 0.15) is 11.1 Å². The summed E-state index contributed by atoms with van der Waals surface area (Å²) in [5.74, 6) is -1.25. The number of hydrogen-bond donors (Lipinski definition) is 1. The number of carbonyl (C=O) groups is 3. The third kappa shape index (κ3) is 2.44. The van der Waals surface area contributed by atoms with Gasteiger partial charge in [-0.3, -0.25) is 4.79 Å². The van der Waals surface area contributed by atoms with Crippen LogP contribution in [0.5, 0.6) is 0 Å². The van der Waals surface area contributed by atoms with Crippen LogP contribution >= 0.6 is 0 Å². The largest absolute Gasteiger partial charge is 0.480 e. The van der Waals surface area contributed by atoms with E-state index in [0.29, 0.717) is 13.1 Å². The van der Waals surface area contributed by atoms with Crippen molar-refractivity contribution in [3.63, 3.8) is 0 Å². The molecule has 3 amide bonds. The number of rotatable bonds is 2. The Kier molecular flexibility index (Phi) is 4.03. The SMILES string of the molecule is CN1CCN(C(=O)N(C)C(C)(C)C(=O)O)C(C)(C)C1=O. The smallest absolute Gasteiger partial charge is 0.329 e. The minimum absolute atomic E-state index is 0.154. The van der Waals surface area contributed by atoms with E-state index in [1.807, 2.05) is 0 Å². The summed E-state index contributed by atoms with van der Waals surface area (Å²) >= 11 is 0. The van der Waals surface area contributed by atoms with Gasteiger partial charge in [-0.1, -0.05) is 0 Å². The Bertz CT molecular complexity index is 445. The van der Waals surface area contributed by atoms with Crippen molar-refractivity contribution < 1.29 is 19.5 Å². The van der Waals surface area contributed by atoms with Crippen LogP contribution in [0, 0.1) is 0 Å². The molecule has 0 unspecified atom stereocenters. The predicted molar refractivity (Wildman–Crippen MR) is 73.3 cm³/mol. The molecule has 0 aromatic rings. The van der Waals surface area contributed by atoms with E-state index in [1.165, 1.54) is 25.8 Å². The topological polar surface area (TPSA) is 81.2 Å². The molecule has 7 heteroatoms. The summed E-state index contributed by atoms with van der Waals surface area (Å²) in [4.78, 5) is 40.1. The molecule has 0 radical (unpaired) electrons. The zero-order valence-corrected chi connectivity index (χ0v) is 12.9. The fourth-order valence-corrected chi connectivity index (χ4v) is 2.11. The molecule has 1 aliphatic rings. The van der Waals surface area contributed by atoms with Crippen LogP contribution in [0.2, 0.25) is 0 Å². The van der Waals surface area contributed by atoms with E-state index in [1.54, 1.807) is 25.8 Å². The van der Waals surface area contributed by atoms with Gasteiger partial charge >= 0.3 is 12.0 Å². The number of nitrogens with zero attached hydrogens (tertiary/aromatic N) is 3. The number of hydrogen-bond acceptors (Lipinski definition) is 3. The zero-order chi connectivity index (χ0) is 15.9. The quantitative estimate of drug-likeness (QED) is 0.799. The molecule has 0 aliphatic carbocycles. The predicted octanol–water partition coefficient (Wildman–Crippen LogP) is 0.454. The molecule has 0 aromatic heterocycles. The maximum Gasteiger partial charge on any atom is 0.329 e. The van der Waals surface area contributed by atoms with E-state index in [0.717, 1.165) is 4.90 Å². The third-order valence-corrected chi connectivity index (χ3v) is 4.08. The number of carboxylic acid groups (broad SMARTS) is 1. The molecule has 1 aliphatic heterocycles. The molecule has 1 fully saturated rings. The normalized spacial score (nSPS) is 19.0.